The minimum atomic E-state index is -4.70. The van der Waals surface area contributed by atoms with Gasteiger partial charge in [0.05, 0.1) is 14.7 Å². The molecule has 0 aliphatic rings. The fraction of sp³-hybridized carbons (Fsp3) is 0.300. The zero-order valence-corrected chi connectivity index (χ0v) is 11.0. The van der Waals surface area contributed by atoms with Crippen molar-refractivity contribution in [1.82, 2.24) is 0 Å². The third-order valence-electron chi connectivity index (χ3n) is 1.99. The average Bonchev–Trinajstić information content (AvgIpc) is 2.17. The summed E-state index contributed by atoms with van der Waals surface area (Å²) in [5.74, 6) is -1.40. The van der Waals surface area contributed by atoms with Crippen LogP contribution in [-0.4, -0.2) is 12.4 Å². The number of carbonyl (C=O) groups excluding carboxylic acids is 1. The molecule has 0 N–H and O–H groups in total. The Hall–Kier alpha value is -0.930. The van der Waals surface area contributed by atoms with Gasteiger partial charge < -0.3 is 4.74 Å². The summed E-state index contributed by atoms with van der Waals surface area (Å²) in [4.78, 5) is 11.2. The lowest BCUT2D eigenvalue weighted by Crippen LogP contribution is -2.13. The van der Waals surface area contributed by atoms with Gasteiger partial charge in [0.15, 0.2) is 11.5 Å². The summed E-state index contributed by atoms with van der Waals surface area (Å²) in [7, 11) is 0. The predicted molar refractivity (Wildman–Crippen MR) is 60.8 cm³/mol. The van der Waals surface area contributed by atoms with Crippen molar-refractivity contribution in [1.29, 1.82) is 0 Å². The van der Waals surface area contributed by atoms with Crippen LogP contribution >= 0.6 is 22.6 Å². The standard InChI is InChI=1S/C10H6F5IO2/c1-4(17)5-2-3-6(10(13,14)15)7(16)8(5)18-9(11)12/h2-3,9H,1H3. The highest BCUT2D eigenvalue weighted by Gasteiger charge is 2.35. The van der Waals surface area contributed by atoms with Crippen molar-refractivity contribution >= 4 is 28.4 Å². The van der Waals surface area contributed by atoms with Crippen molar-refractivity contribution in [2.75, 3.05) is 0 Å². The molecule has 8 heteroatoms. The van der Waals surface area contributed by atoms with Crippen molar-refractivity contribution in [3.8, 4) is 5.75 Å². The number of carbonyl (C=O) groups is 1. The van der Waals surface area contributed by atoms with E-state index in [1.807, 2.05) is 0 Å². The minimum Gasteiger partial charge on any atom is -0.433 e. The first-order valence-corrected chi connectivity index (χ1v) is 5.58. The van der Waals surface area contributed by atoms with Crippen LogP contribution in [0.1, 0.15) is 22.8 Å². The van der Waals surface area contributed by atoms with Gasteiger partial charge in [-0.3, -0.25) is 4.79 Å². The van der Waals surface area contributed by atoms with Crippen LogP contribution in [0.25, 0.3) is 0 Å². The van der Waals surface area contributed by atoms with Crippen LogP contribution in [0.3, 0.4) is 0 Å². The number of Topliss-reactive ketones (excluding diaryl/α,β-unsaturated/α-hetero) is 1. The van der Waals surface area contributed by atoms with E-state index in [0.29, 0.717) is 6.07 Å². The molecule has 0 atom stereocenters. The topological polar surface area (TPSA) is 26.3 Å². The zero-order chi connectivity index (χ0) is 14.1. The Bertz CT molecular complexity index is 470. The SMILES string of the molecule is CC(=O)c1ccc(C(F)(F)F)c(I)c1OC(F)F. The number of ketones is 1. The maximum Gasteiger partial charge on any atom is 0.417 e. The van der Waals surface area contributed by atoms with Gasteiger partial charge in [-0.1, -0.05) is 0 Å². The molecule has 1 aromatic carbocycles. The van der Waals surface area contributed by atoms with Crippen molar-refractivity contribution < 1.29 is 31.5 Å². The van der Waals surface area contributed by atoms with Gasteiger partial charge in [-0.05, 0) is 41.6 Å². The quantitative estimate of drug-likeness (QED) is 0.448. The van der Waals surface area contributed by atoms with E-state index in [1.165, 1.54) is 22.6 Å². The van der Waals surface area contributed by atoms with E-state index in [4.69, 9.17) is 0 Å². The van der Waals surface area contributed by atoms with Crippen molar-refractivity contribution in [2.45, 2.75) is 19.7 Å². The fourth-order valence-corrected chi connectivity index (χ4v) is 2.16. The highest BCUT2D eigenvalue weighted by atomic mass is 127. The molecule has 0 aliphatic heterocycles. The lowest BCUT2D eigenvalue weighted by atomic mass is 10.1. The van der Waals surface area contributed by atoms with E-state index in [9.17, 15) is 26.7 Å². The summed E-state index contributed by atoms with van der Waals surface area (Å²) in [6.45, 7) is -2.25. The molecule has 0 saturated carbocycles. The van der Waals surface area contributed by atoms with Gasteiger partial charge in [0.1, 0.15) is 0 Å². The molecule has 0 saturated heterocycles. The lowest BCUT2D eigenvalue weighted by Gasteiger charge is -2.15. The van der Waals surface area contributed by atoms with Crippen molar-refractivity contribution in [3.63, 3.8) is 0 Å². The molecule has 0 unspecified atom stereocenters. The molecule has 0 amide bonds. The van der Waals surface area contributed by atoms with E-state index >= 15 is 0 Å². The molecule has 0 aliphatic carbocycles. The minimum absolute atomic E-state index is 0.312. The molecular weight excluding hydrogens is 374 g/mol. The number of alkyl halides is 5. The second-order valence-electron chi connectivity index (χ2n) is 3.24. The molecule has 100 valence electrons. The van der Waals surface area contributed by atoms with Gasteiger partial charge in [-0.25, -0.2) is 0 Å². The highest BCUT2D eigenvalue weighted by molar-refractivity contribution is 14.1. The average molecular weight is 380 g/mol. The first-order chi connectivity index (χ1) is 8.14. The molecule has 0 bridgehead atoms. The highest BCUT2D eigenvalue weighted by Crippen LogP contribution is 2.39. The summed E-state index contributed by atoms with van der Waals surface area (Å²) in [6.07, 6.45) is -4.70. The normalized spacial score (nSPS) is 11.8. The van der Waals surface area contributed by atoms with Crippen molar-refractivity contribution in [2.24, 2.45) is 0 Å². The number of hydrogen-bond donors (Lipinski definition) is 0. The Kier molecular flexibility index (Phi) is 4.51. The largest absolute Gasteiger partial charge is 0.433 e. The van der Waals surface area contributed by atoms with E-state index in [-0.39, 0.29) is 5.56 Å². The van der Waals surface area contributed by atoms with Gasteiger partial charge in [0.2, 0.25) is 0 Å². The predicted octanol–water partition coefficient (Wildman–Crippen LogP) is 4.11. The molecule has 0 radical (unpaired) electrons. The van der Waals surface area contributed by atoms with Crippen LogP contribution in [0.5, 0.6) is 5.75 Å². The molecular formula is C10H6F5IO2. The monoisotopic (exact) mass is 380 g/mol. The number of halogens is 6. The van der Waals surface area contributed by atoms with Gasteiger partial charge in [0.25, 0.3) is 0 Å². The van der Waals surface area contributed by atoms with Gasteiger partial charge in [-0.2, -0.15) is 22.0 Å². The van der Waals surface area contributed by atoms with Crippen molar-refractivity contribution in [3.05, 3.63) is 26.8 Å². The third kappa shape index (κ3) is 3.30. The Balaban J connectivity index is 3.45. The number of ether oxygens (including phenoxy) is 1. The van der Waals surface area contributed by atoms with Gasteiger partial charge in [0, 0.05) is 0 Å². The second-order valence-corrected chi connectivity index (χ2v) is 4.31. The third-order valence-corrected chi connectivity index (χ3v) is 3.06. The molecule has 2 nitrogen and oxygen atoms in total. The van der Waals surface area contributed by atoms with Gasteiger partial charge in [-0.15, -0.1) is 0 Å². The van der Waals surface area contributed by atoms with Crippen LogP contribution in [0, 0.1) is 3.57 Å². The zero-order valence-electron chi connectivity index (χ0n) is 8.82. The molecule has 0 fully saturated rings. The van der Waals surface area contributed by atoms with Crippen LogP contribution in [0.4, 0.5) is 22.0 Å². The first-order valence-electron chi connectivity index (χ1n) is 4.50. The Labute approximate surface area is 112 Å². The summed E-state index contributed by atoms with van der Waals surface area (Å²) >= 11 is 1.23. The number of benzene rings is 1. The first kappa shape index (κ1) is 15.1. The van der Waals surface area contributed by atoms with Gasteiger partial charge >= 0.3 is 12.8 Å². The van der Waals surface area contributed by atoms with Crippen LogP contribution in [0.2, 0.25) is 0 Å². The van der Waals surface area contributed by atoms with Crippen LogP contribution in [0.15, 0.2) is 12.1 Å². The molecule has 0 aromatic heterocycles. The number of rotatable bonds is 3. The van der Waals surface area contributed by atoms with E-state index in [2.05, 4.69) is 4.74 Å². The summed E-state index contributed by atoms with van der Waals surface area (Å²) < 4.78 is 65.5. The molecule has 1 aromatic rings. The molecule has 0 heterocycles. The Morgan fingerprint density at radius 2 is 1.89 bits per heavy atom. The fourth-order valence-electron chi connectivity index (χ4n) is 1.26. The van der Waals surface area contributed by atoms with Crippen LogP contribution in [-0.2, 0) is 6.18 Å². The lowest BCUT2D eigenvalue weighted by molar-refractivity contribution is -0.138. The Morgan fingerprint density at radius 3 is 2.28 bits per heavy atom. The second kappa shape index (κ2) is 5.37. The van der Waals surface area contributed by atoms with E-state index < -0.39 is 33.5 Å². The maximum atomic E-state index is 12.6. The maximum absolute atomic E-state index is 12.6. The molecule has 1 rings (SSSR count). The Morgan fingerprint density at radius 1 is 1.33 bits per heavy atom. The van der Waals surface area contributed by atoms with Crippen LogP contribution < -0.4 is 4.74 Å². The smallest absolute Gasteiger partial charge is 0.417 e. The summed E-state index contributed by atoms with van der Waals surface area (Å²) in [5.41, 5.74) is -1.43. The summed E-state index contributed by atoms with van der Waals surface area (Å²) in [6, 6.07) is 1.49. The number of hydrogen-bond acceptors (Lipinski definition) is 2. The molecule has 0 spiro atoms. The van der Waals surface area contributed by atoms with E-state index in [0.717, 1.165) is 13.0 Å². The molecule has 18 heavy (non-hydrogen) atoms. The van der Waals surface area contributed by atoms with E-state index in [1.54, 1.807) is 0 Å². The summed E-state index contributed by atoms with van der Waals surface area (Å²) in [5, 5.41) is 0.